The Hall–Kier alpha value is -2.06. The molecule has 2 aliphatic rings. The SMILES string of the molecule is COCCn1ccc(C(=O)N2CC3(C[C@H](Oc4ccccn4)CS3)C2)n1. The second-order valence-electron chi connectivity index (χ2n) is 6.72. The van der Waals surface area contributed by atoms with Gasteiger partial charge in [-0.15, -0.1) is 11.8 Å². The molecule has 0 N–H and O–H groups in total. The van der Waals surface area contributed by atoms with Crippen LogP contribution in [0.25, 0.3) is 0 Å². The number of likely N-dealkylation sites (tertiary alicyclic amines) is 1. The van der Waals surface area contributed by atoms with E-state index in [2.05, 4.69) is 10.1 Å². The first-order valence-electron chi connectivity index (χ1n) is 8.71. The number of ether oxygens (including phenoxy) is 2. The van der Waals surface area contributed by atoms with Crippen LogP contribution in [0, 0.1) is 0 Å². The third kappa shape index (κ3) is 3.57. The molecule has 8 heteroatoms. The molecule has 2 saturated heterocycles. The van der Waals surface area contributed by atoms with Crippen LogP contribution in [-0.4, -0.2) is 69.0 Å². The Balaban J connectivity index is 1.29. The number of carbonyl (C=O) groups is 1. The zero-order valence-corrected chi connectivity index (χ0v) is 15.5. The number of nitrogens with zero attached hydrogens (tertiary/aromatic N) is 4. The lowest BCUT2D eigenvalue weighted by Crippen LogP contribution is -2.60. The van der Waals surface area contributed by atoms with Crippen LogP contribution in [0.1, 0.15) is 16.9 Å². The van der Waals surface area contributed by atoms with Crippen molar-refractivity contribution in [3.8, 4) is 5.88 Å². The van der Waals surface area contributed by atoms with E-state index in [4.69, 9.17) is 9.47 Å². The molecule has 4 rings (SSSR count). The maximum atomic E-state index is 12.6. The van der Waals surface area contributed by atoms with Crippen molar-refractivity contribution < 1.29 is 14.3 Å². The molecule has 138 valence electrons. The zero-order valence-electron chi connectivity index (χ0n) is 14.7. The summed E-state index contributed by atoms with van der Waals surface area (Å²) >= 11 is 1.90. The van der Waals surface area contributed by atoms with E-state index >= 15 is 0 Å². The number of amides is 1. The molecule has 4 heterocycles. The Bertz CT molecular complexity index is 761. The van der Waals surface area contributed by atoms with Crippen LogP contribution < -0.4 is 4.74 Å². The van der Waals surface area contributed by atoms with Gasteiger partial charge in [0.2, 0.25) is 5.88 Å². The summed E-state index contributed by atoms with van der Waals surface area (Å²) in [6.07, 6.45) is 4.66. The standard InChI is InChI=1S/C18H22N4O3S/c1-24-9-8-22-7-5-15(20-22)17(23)21-12-18(13-21)10-14(11-26-18)25-16-4-2-3-6-19-16/h2-7,14H,8-13H2,1H3/t14-/m0/s1. The molecule has 0 bridgehead atoms. The van der Waals surface area contributed by atoms with Crippen molar-refractivity contribution in [3.63, 3.8) is 0 Å². The lowest BCUT2D eigenvalue weighted by Gasteiger charge is -2.47. The Morgan fingerprint density at radius 3 is 3.04 bits per heavy atom. The van der Waals surface area contributed by atoms with Crippen LogP contribution in [0.5, 0.6) is 5.88 Å². The number of aromatic nitrogens is 3. The average molecular weight is 374 g/mol. The topological polar surface area (TPSA) is 69.5 Å². The van der Waals surface area contributed by atoms with Gasteiger partial charge in [0.25, 0.3) is 5.91 Å². The highest BCUT2D eigenvalue weighted by Gasteiger charge is 2.51. The number of methoxy groups -OCH3 is 1. The number of pyridine rings is 1. The van der Waals surface area contributed by atoms with Gasteiger partial charge in [-0.2, -0.15) is 5.10 Å². The minimum absolute atomic E-state index is 0.00138. The van der Waals surface area contributed by atoms with Crippen molar-refractivity contribution in [2.24, 2.45) is 0 Å². The van der Waals surface area contributed by atoms with Crippen LogP contribution in [0.4, 0.5) is 0 Å². The largest absolute Gasteiger partial charge is 0.473 e. The normalized spacial score (nSPS) is 21.0. The third-order valence-corrected chi connectivity index (χ3v) is 6.31. The number of thioether (sulfide) groups is 1. The molecule has 0 saturated carbocycles. The molecule has 0 unspecified atom stereocenters. The smallest absolute Gasteiger partial charge is 0.274 e. The summed E-state index contributed by atoms with van der Waals surface area (Å²) in [7, 11) is 1.65. The van der Waals surface area contributed by atoms with Crippen LogP contribution in [0.15, 0.2) is 36.7 Å². The summed E-state index contributed by atoms with van der Waals surface area (Å²) in [5.74, 6) is 1.61. The van der Waals surface area contributed by atoms with Gasteiger partial charge in [0.15, 0.2) is 0 Å². The highest BCUT2D eigenvalue weighted by molar-refractivity contribution is 8.01. The molecule has 2 aromatic heterocycles. The molecule has 2 fully saturated rings. The van der Waals surface area contributed by atoms with Crippen LogP contribution in [-0.2, 0) is 11.3 Å². The molecule has 1 atom stereocenters. The molecule has 26 heavy (non-hydrogen) atoms. The Kier molecular flexibility index (Phi) is 4.86. The zero-order chi connectivity index (χ0) is 18.0. The van der Waals surface area contributed by atoms with Crippen molar-refractivity contribution >= 4 is 17.7 Å². The Morgan fingerprint density at radius 2 is 2.27 bits per heavy atom. The van der Waals surface area contributed by atoms with E-state index in [1.807, 2.05) is 41.1 Å². The lowest BCUT2D eigenvalue weighted by atomic mass is 9.92. The molecule has 0 radical (unpaired) electrons. The third-order valence-electron chi connectivity index (χ3n) is 4.73. The van der Waals surface area contributed by atoms with Crippen molar-refractivity contribution in [2.45, 2.75) is 23.8 Å². The van der Waals surface area contributed by atoms with E-state index in [0.29, 0.717) is 24.7 Å². The monoisotopic (exact) mass is 374 g/mol. The van der Waals surface area contributed by atoms with E-state index in [-0.39, 0.29) is 16.8 Å². The fraction of sp³-hybridized carbons (Fsp3) is 0.500. The van der Waals surface area contributed by atoms with Crippen molar-refractivity contribution in [3.05, 3.63) is 42.4 Å². The van der Waals surface area contributed by atoms with E-state index < -0.39 is 0 Å². The van der Waals surface area contributed by atoms with Gasteiger partial charge in [0, 0.05) is 50.8 Å². The Labute approximate surface area is 156 Å². The van der Waals surface area contributed by atoms with Gasteiger partial charge in [-0.05, 0) is 12.1 Å². The van der Waals surface area contributed by atoms with Crippen LogP contribution >= 0.6 is 11.8 Å². The predicted octanol–water partition coefficient (Wildman–Crippen LogP) is 1.70. The molecule has 0 aliphatic carbocycles. The quantitative estimate of drug-likeness (QED) is 0.767. The van der Waals surface area contributed by atoms with Gasteiger partial charge < -0.3 is 14.4 Å². The molecule has 2 aliphatic heterocycles. The fourth-order valence-corrected chi connectivity index (χ4v) is 4.95. The maximum Gasteiger partial charge on any atom is 0.274 e. The van der Waals surface area contributed by atoms with Crippen molar-refractivity contribution in [1.29, 1.82) is 0 Å². The molecule has 2 aromatic rings. The predicted molar refractivity (Wildman–Crippen MR) is 98.5 cm³/mol. The van der Waals surface area contributed by atoms with Gasteiger partial charge in [-0.1, -0.05) is 6.07 Å². The molecule has 1 spiro atoms. The minimum atomic E-state index is 0.00138. The number of hydrogen-bond donors (Lipinski definition) is 0. The number of rotatable bonds is 6. The average Bonchev–Trinajstić information content (AvgIpc) is 3.26. The van der Waals surface area contributed by atoms with Gasteiger partial charge in [-0.3, -0.25) is 9.48 Å². The summed E-state index contributed by atoms with van der Waals surface area (Å²) in [5, 5.41) is 4.34. The summed E-state index contributed by atoms with van der Waals surface area (Å²) in [5.41, 5.74) is 0.500. The van der Waals surface area contributed by atoms with Gasteiger partial charge in [-0.25, -0.2) is 4.98 Å². The number of hydrogen-bond acceptors (Lipinski definition) is 6. The number of carbonyl (C=O) groups excluding carboxylic acids is 1. The second-order valence-corrected chi connectivity index (χ2v) is 8.21. The van der Waals surface area contributed by atoms with Gasteiger partial charge in [0.1, 0.15) is 11.8 Å². The van der Waals surface area contributed by atoms with Gasteiger partial charge >= 0.3 is 0 Å². The van der Waals surface area contributed by atoms with E-state index in [9.17, 15) is 4.79 Å². The maximum absolute atomic E-state index is 12.6. The summed E-state index contributed by atoms with van der Waals surface area (Å²) < 4.78 is 12.9. The highest BCUT2D eigenvalue weighted by atomic mass is 32.2. The van der Waals surface area contributed by atoms with Crippen LogP contribution in [0.3, 0.4) is 0 Å². The summed E-state index contributed by atoms with van der Waals surface area (Å²) in [6, 6.07) is 7.46. The Morgan fingerprint density at radius 1 is 1.38 bits per heavy atom. The molecular weight excluding hydrogens is 352 g/mol. The molecule has 1 amide bonds. The fourth-order valence-electron chi connectivity index (χ4n) is 3.43. The van der Waals surface area contributed by atoms with E-state index in [1.54, 1.807) is 24.1 Å². The van der Waals surface area contributed by atoms with Gasteiger partial charge in [0.05, 0.1) is 17.9 Å². The van der Waals surface area contributed by atoms with Crippen LogP contribution in [0.2, 0.25) is 0 Å². The first kappa shape index (κ1) is 17.4. The highest BCUT2D eigenvalue weighted by Crippen LogP contribution is 2.46. The second kappa shape index (κ2) is 7.28. The molecule has 7 nitrogen and oxygen atoms in total. The summed E-state index contributed by atoms with van der Waals surface area (Å²) in [4.78, 5) is 18.7. The molecule has 0 aromatic carbocycles. The van der Waals surface area contributed by atoms with E-state index in [1.165, 1.54) is 0 Å². The summed E-state index contributed by atoms with van der Waals surface area (Å²) in [6.45, 7) is 2.74. The molecular formula is C18H22N4O3S. The minimum Gasteiger partial charge on any atom is -0.473 e. The first-order valence-corrected chi connectivity index (χ1v) is 9.69. The van der Waals surface area contributed by atoms with E-state index in [0.717, 1.165) is 25.3 Å². The lowest BCUT2D eigenvalue weighted by molar-refractivity contribution is 0.0509. The van der Waals surface area contributed by atoms with Crippen molar-refractivity contribution in [2.75, 3.05) is 32.6 Å². The van der Waals surface area contributed by atoms with Crippen molar-refractivity contribution in [1.82, 2.24) is 19.7 Å². The first-order chi connectivity index (χ1) is 12.7.